The molecule has 2 aromatic carbocycles. The number of hydrogen-bond acceptors (Lipinski definition) is 1. The summed E-state index contributed by atoms with van der Waals surface area (Å²) in [6, 6.07) is 9.85. The number of nitrogens with one attached hydrogen (secondary N) is 1. The summed E-state index contributed by atoms with van der Waals surface area (Å²) in [6.45, 7) is 4.71. The minimum Gasteiger partial charge on any atom is -0.310 e. The third-order valence-corrected chi connectivity index (χ3v) is 4.39. The topological polar surface area (TPSA) is 12.0 Å². The normalized spacial score (nSPS) is 12.4. The lowest BCUT2D eigenvalue weighted by atomic mass is 9.97. The zero-order valence-electron chi connectivity index (χ0n) is 12.1. The van der Waals surface area contributed by atoms with Crippen LogP contribution in [0.1, 0.15) is 29.7 Å². The number of aryl methyl sites for hydroxylation is 1. The predicted molar refractivity (Wildman–Crippen MR) is 85.4 cm³/mol. The minimum absolute atomic E-state index is 0.117. The molecule has 0 aromatic heterocycles. The van der Waals surface area contributed by atoms with Crippen molar-refractivity contribution in [2.45, 2.75) is 26.3 Å². The van der Waals surface area contributed by atoms with Crippen LogP contribution in [0.4, 0.5) is 8.78 Å². The van der Waals surface area contributed by atoms with Crippen molar-refractivity contribution in [2.24, 2.45) is 0 Å². The van der Waals surface area contributed by atoms with Crippen molar-refractivity contribution in [3.05, 3.63) is 69.2 Å². The minimum atomic E-state index is -0.494. The maximum Gasteiger partial charge on any atom is 0.129 e. The number of rotatable bonds is 5. The molecule has 1 unspecified atom stereocenters. The van der Waals surface area contributed by atoms with Gasteiger partial charge in [0, 0.05) is 16.1 Å². The number of hydrogen-bond donors (Lipinski definition) is 1. The van der Waals surface area contributed by atoms with Crippen LogP contribution >= 0.6 is 15.9 Å². The molecule has 0 heterocycles. The molecule has 21 heavy (non-hydrogen) atoms. The maximum absolute atomic E-state index is 13.8. The van der Waals surface area contributed by atoms with Gasteiger partial charge in [-0.25, -0.2) is 8.78 Å². The molecule has 4 heteroatoms. The third-order valence-electron chi connectivity index (χ3n) is 3.50. The highest BCUT2D eigenvalue weighted by atomic mass is 79.9. The fourth-order valence-electron chi connectivity index (χ4n) is 2.37. The Morgan fingerprint density at radius 1 is 1.14 bits per heavy atom. The highest BCUT2D eigenvalue weighted by molar-refractivity contribution is 9.10. The molecule has 0 spiro atoms. The zero-order valence-corrected chi connectivity index (χ0v) is 13.7. The first kappa shape index (κ1) is 16.1. The van der Waals surface area contributed by atoms with Crippen LogP contribution in [0.25, 0.3) is 0 Å². The van der Waals surface area contributed by atoms with Crippen molar-refractivity contribution in [1.82, 2.24) is 5.32 Å². The molecule has 0 fully saturated rings. The molecule has 2 rings (SSSR count). The lowest BCUT2D eigenvalue weighted by Gasteiger charge is -2.20. The fraction of sp³-hybridized carbons (Fsp3) is 0.294. The van der Waals surface area contributed by atoms with Gasteiger partial charge in [0.25, 0.3) is 0 Å². The first-order valence-corrected chi connectivity index (χ1v) is 7.74. The van der Waals surface area contributed by atoms with Crippen molar-refractivity contribution in [3.8, 4) is 0 Å². The van der Waals surface area contributed by atoms with E-state index in [-0.39, 0.29) is 18.0 Å². The van der Waals surface area contributed by atoms with Crippen LogP contribution < -0.4 is 5.32 Å². The Kier molecular flexibility index (Phi) is 5.48. The van der Waals surface area contributed by atoms with Crippen molar-refractivity contribution < 1.29 is 8.78 Å². The van der Waals surface area contributed by atoms with Crippen LogP contribution in [0.15, 0.2) is 40.9 Å². The van der Waals surface area contributed by atoms with Crippen molar-refractivity contribution in [2.75, 3.05) is 6.54 Å². The van der Waals surface area contributed by atoms with E-state index >= 15 is 0 Å². The van der Waals surface area contributed by atoms with Crippen LogP contribution in [-0.2, 0) is 6.42 Å². The van der Waals surface area contributed by atoms with Crippen molar-refractivity contribution in [1.29, 1.82) is 0 Å². The highest BCUT2D eigenvalue weighted by Crippen LogP contribution is 2.25. The van der Waals surface area contributed by atoms with E-state index in [2.05, 4.69) is 21.2 Å². The van der Waals surface area contributed by atoms with Crippen molar-refractivity contribution >= 4 is 15.9 Å². The monoisotopic (exact) mass is 353 g/mol. The Balaban J connectivity index is 2.33. The molecule has 0 aliphatic heterocycles. The van der Waals surface area contributed by atoms with Gasteiger partial charge in [-0.3, -0.25) is 0 Å². The molecule has 112 valence electrons. The SMILES string of the molecule is CCNC(Cc1c(F)cccc1F)c1ccc(Br)c(C)c1. The van der Waals surface area contributed by atoms with Crippen LogP contribution in [0.2, 0.25) is 0 Å². The molecule has 0 aliphatic carbocycles. The molecule has 0 amide bonds. The third kappa shape index (κ3) is 3.89. The number of halogens is 3. The number of likely N-dealkylation sites (N-methyl/N-ethyl adjacent to an activating group) is 1. The fourth-order valence-corrected chi connectivity index (χ4v) is 2.62. The molecule has 0 aliphatic rings. The molecule has 0 saturated carbocycles. The van der Waals surface area contributed by atoms with Crippen LogP contribution in [0.3, 0.4) is 0 Å². The van der Waals surface area contributed by atoms with Gasteiger partial charge < -0.3 is 5.32 Å². The van der Waals surface area contributed by atoms with Gasteiger partial charge in [-0.2, -0.15) is 0 Å². The standard InChI is InChI=1S/C17H18BrF2N/c1-3-21-17(12-7-8-14(18)11(2)9-12)10-13-15(19)5-4-6-16(13)20/h4-9,17,21H,3,10H2,1-2H3. The van der Waals surface area contributed by atoms with E-state index in [9.17, 15) is 8.78 Å². The summed E-state index contributed by atoms with van der Waals surface area (Å²) < 4.78 is 28.7. The van der Waals surface area contributed by atoms with Gasteiger partial charge in [0.2, 0.25) is 0 Å². The van der Waals surface area contributed by atoms with E-state index in [1.54, 1.807) is 0 Å². The summed E-state index contributed by atoms with van der Waals surface area (Å²) in [7, 11) is 0. The van der Waals surface area contributed by atoms with Gasteiger partial charge in [0.15, 0.2) is 0 Å². The lowest BCUT2D eigenvalue weighted by molar-refractivity contribution is 0.499. The molecule has 0 radical (unpaired) electrons. The molecule has 0 bridgehead atoms. The van der Waals surface area contributed by atoms with E-state index < -0.39 is 11.6 Å². The lowest BCUT2D eigenvalue weighted by Crippen LogP contribution is -2.24. The van der Waals surface area contributed by atoms with Gasteiger partial charge in [-0.05, 0) is 49.2 Å². The second-order valence-corrected chi connectivity index (χ2v) is 5.88. The molecule has 1 nitrogen and oxygen atoms in total. The Labute approximate surface area is 132 Å². The summed E-state index contributed by atoms with van der Waals surface area (Å²) in [5, 5.41) is 3.30. The average Bonchev–Trinajstić information content (AvgIpc) is 2.45. The Bertz CT molecular complexity index is 608. The second kappa shape index (κ2) is 7.14. The molecular formula is C17H18BrF2N. The van der Waals surface area contributed by atoms with Gasteiger partial charge in [-0.15, -0.1) is 0 Å². The molecular weight excluding hydrogens is 336 g/mol. The first-order chi connectivity index (χ1) is 10.0. The Morgan fingerprint density at radius 3 is 2.38 bits per heavy atom. The second-order valence-electron chi connectivity index (χ2n) is 5.02. The van der Waals surface area contributed by atoms with Gasteiger partial charge >= 0.3 is 0 Å². The summed E-state index contributed by atoms with van der Waals surface area (Å²) in [6.07, 6.45) is 0.285. The molecule has 1 atom stereocenters. The summed E-state index contributed by atoms with van der Waals surface area (Å²) in [5.41, 5.74) is 2.26. The highest BCUT2D eigenvalue weighted by Gasteiger charge is 2.17. The van der Waals surface area contributed by atoms with E-state index in [1.165, 1.54) is 18.2 Å². The zero-order chi connectivity index (χ0) is 15.4. The summed E-state index contributed by atoms with van der Waals surface area (Å²) in [4.78, 5) is 0. The summed E-state index contributed by atoms with van der Waals surface area (Å²) >= 11 is 3.47. The van der Waals surface area contributed by atoms with Crippen LogP contribution in [0.5, 0.6) is 0 Å². The largest absolute Gasteiger partial charge is 0.310 e. The number of benzene rings is 2. The summed E-state index contributed by atoms with van der Waals surface area (Å²) in [5.74, 6) is -0.988. The van der Waals surface area contributed by atoms with Gasteiger partial charge in [0.1, 0.15) is 11.6 Å². The van der Waals surface area contributed by atoms with E-state index in [1.807, 2.05) is 32.0 Å². The van der Waals surface area contributed by atoms with Crippen LogP contribution in [-0.4, -0.2) is 6.54 Å². The maximum atomic E-state index is 13.8. The smallest absolute Gasteiger partial charge is 0.129 e. The molecule has 1 N–H and O–H groups in total. The first-order valence-electron chi connectivity index (χ1n) is 6.95. The average molecular weight is 354 g/mol. The quantitative estimate of drug-likeness (QED) is 0.803. The predicted octanol–water partition coefficient (Wildman–Crippen LogP) is 4.93. The van der Waals surface area contributed by atoms with E-state index in [0.717, 1.165) is 22.1 Å². The van der Waals surface area contributed by atoms with E-state index in [4.69, 9.17) is 0 Å². The Morgan fingerprint density at radius 2 is 1.81 bits per heavy atom. The van der Waals surface area contributed by atoms with Gasteiger partial charge in [-0.1, -0.05) is 41.1 Å². The van der Waals surface area contributed by atoms with Crippen LogP contribution in [0, 0.1) is 18.6 Å². The van der Waals surface area contributed by atoms with Crippen molar-refractivity contribution in [3.63, 3.8) is 0 Å². The molecule has 0 saturated heterocycles. The molecule has 2 aromatic rings. The Hall–Kier alpha value is -1.26. The van der Waals surface area contributed by atoms with E-state index in [0.29, 0.717) is 0 Å². The van der Waals surface area contributed by atoms with Gasteiger partial charge in [0.05, 0.1) is 0 Å².